The number of aromatic nitrogens is 7. The number of nitrogens with zero attached hydrogens (tertiary/aromatic N) is 7. The number of carbonyl (C=O) groups excluding carboxylic acids is 1. The van der Waals surface area contributed by atoms with E-state index in [1.165, 1.54) is 29.7 Å². The summed E-state index contributed by atoms with van der Waals surface area (Å²) in [6.45, 7) is 4.61. The van der Waals surface area contributed by atoms with Gasteiger partial charge in [0.2, 0.25) is 11.5 Å². The number of hydrogen-bond acceptors (Lipinski definition) is 16. The lowest BCUT2D eigenvalue weighted by molar-refractivity contribution is -0.757. The largest absolute Gasteiger partial charge is 1.00 e. The third-order valence-electron chi connectivity index (χ3n) is 7.40. The quantitative estimate of drug-likeness (QED) is 0.0336. The molecule has 54 heavy (non-hydrogen) atoms. The van der Waals surface area contributed by atoms with Gasteiger partial charge in [0.05, 0.1) is 28.9 Å². The maximum atomic E-state index is 12.3. The first-order chi connectivity index (χ1) is 25.2. The van der Waals surface area contributed by atoms with Gasteiger partial charge in [0, 0.05) is 37.2 Å². The van der Waals surface area contributed by atoms with Crippen LogP contribution in [-0.4, -0.2) is 75.7 Å². The number of fused-ring (bicyclic) bond motifs is 1. The molecule has 0 fully saturated rings. The van der Waals surface area contributed by atoms with Crippen molar-refractivity contribution in [3.05, 3.63) is 95.9 Å². The summed E-state index contributed by atoms with van der Waals surface area (Å²) in [6, 6.07) is 4.86. The second-order valence-corrected chi connectivity index (χ2v) is 12.1. The number of thiazole rings is 1. The maximum absolute atomic E-state index is 12.3. The zero-order valence-corrected chi connectivity index (χ0v) is 30.3. The van der Waals surface area contributed by atoms with Crippen molar-refractivity contribution in [3.63, 3.8) is 0 Å². The van der Waals surface area contributed by atoms with Gasteiger partial charge in [-0.05, 0) is 37.6 Å². The summed E-state index contributed by atoms with van der Waals surface area (Å²) in [5.41, 5.74) is 16.2. The molecule has 4 aromatic heterocycles. The Morgan fingerprint density at radius 2 is 1.81 bits per heavy atom. The van der Waals surface area contributed by atoms with Crippen LogP contribution in [0.25, 0.3) is 11.2 Å². The van der Waals surface area contributed by atoms with Crippen LogP contribution in [0.2, 0.25) is 0 Å². The molecule has 1 atom stereocenters. The van der Waals surface area contributed by atoms with Gasteiger partial charge in [0.1, 0.15) is 24.3 Å². The summed E-state index contributed by atoms with van der Waals surface area (Å²) < 4.78 is 2.02. The van der Waals surface area contributed by atoms with Crippen LogP contribution in [0.15, 0.2) is 47.0 Å². The van der Waals surface area contributed by atoms with Gasteiger partial charge < -0.3 is 49.6 Å². The van der Waals surface area contributed by atoms with Gasteiger partial charge in [0.15, 0.2) is 23.4 Å². The van der Waals surface area contributed by atoms with Crippen molar-refractivity contribution < 1.29 is 51.5 Å². The number of nitrogens with one attached hydrogen (secondary N) is 3. The molecule has 0 aliphatic heterocycles. The Morgan fingerprint density at radius 3 is 2.46 bits per heavy atom. The van der Waals surface area contributed by atoms with Crippen molar-refractivity contribution in [2.75, 3.05) is 23.4 Å². The van der Waals surface area contributed by atoms with Crippen LogP contribution in [0.4, 0.5) is 17.5 Å². The number of carboxylic acid groups (broad SMARTS) is 2. The number of rotatable bonds is 15. The zero-order chi connectivity index (χ0) is 38.7. The van der Waals surface area contributed by atoms with Crippen molar-refractivity contribution in [3.8, 4) is 0 Å². The molecule has 1 aromatic carbocycles. The summed E-state index contributed by atoms with van der Waals surface area (Å²) in [5.74, 6) is -2.04. The number of aryl methyl sites for hydroxylation is 1. The Morgan fingerprint density at radius 1 is 1.09 bits per heavy atom. The van der Waals surface area contributed by atoms with Crippen LogP contribution in [0.1, 0.15) is 50.9 Å². The first-order valence-corrected chi connectivity index (χ1v) is 16.5. The first kappa shape index (κ1) is 41.9. The van der Waals surface area contributed by atoms with Gasteiger partial charge in [-0.25, -0.2) is 24.7 Å². The molecule has 5 aromatic rings. The highest BCUT2D eigenvalue weighted by atomic mass is 35.5. The molecule has 0 spiro atoms. The van der Waals surface area contributed by atoms with Crippen LogP contribution in [0, 0.1) is 24.0 Å². The van der Waals surface area contributed by atoms with Crippen molar-refractivity contribution in [1.29, 1.82) is 0 Å². The number of carbonyl (C=O) groups is 3. The molecule has 0 radical (unpaired) electrons. The number of aromatic amines is 1. The van der Waals surface area contributed by atoms with Crippen LogP contribution >= 0.6 is 11.3 Å². The van der Waals surface area contributed by atoms with E-state index in [4.69, 9.17) is 21.7 Å². The Kier molecular flexibility index (Phi) is 15.0. The molecule has 0 aliphatic rings. The van der Waals surface area contributed by atoms with E-state index in [2.05, 4.69) is 45.4 Å². The zero-order valence-electron chi connectivity index (χ0n) is 28.7. The van der Waals surface area contributed by atoms with Gasteiger partial charge in [-0.1, -0.05) is 11.3 Å². The number of anilines is 3. The summed E-state index contributed by atoms with van der Waals surface area (Å²) in [7, 11) is 0. The van der Waals surface area contributed by atoms with Gasteiger partial charge in [0.25, 0.3) is 16.6 Å². The van der Waals surface area contributed by atoms with Crippen LogP contribution < -0.4 is 44.6 Å². The second kappa shape index (κ2) is 19.3. The Balaban J connectivity index is 0.000000310. The van der Waals surface area contributed by atoms with Gasteiger partial charge in [-0.2, -0.15) is 9.55 Å². The lowest BCUT2D eigenvalue weighted by Crippen LogP contribution is -3.00. The number of hydrogen-bond donors (Lipinski definition) is 7. The van der Waals surface area contributed by atoms with E-state index in [0.717, 1.165) is 16.1 Å². The van der Waals surface area contributed by atoms with Crippen LogP contribution in [0.5, 0.6) is 0 Å². The second-order valence-electron chi connectivity index (χ2n) is 11.2. The van der Waals surface area contributed by atoms with Gasteiger partial charge in [-0.15, -0.1) is 10.1 Å². The maximum Gasteiger partial charge on any atom is 0.326 e. The van der Waals surface area contributed by atoms with E-state index in [9.17, 15) is 29.3 Å². The van der Waals surface area contributed by atoms with Crippen LogP contribution in [-0.2, 0) is 33.9 Å². The molecule has 0 aliphatic carbocycles. The fourth-order valence-corrected chi connectivity index (χ4v) is 5.61. The third-order valence-corrected chi connectivity index (χ3v) is 8.54. The minimum absolute atomic E-state index is 0. The summed E-state index contributed by atoms with van der Waals surface area (Å²) in [5, 5.41) is 32.6. The molecule has 1 unspecified atom stereocenters. The molecular formula is C31H35ClN12O9S. The minimum atomic E-state index is -1.31. The highest BCUT2D eigenvalue weighted by molar-refractivity contribution is 7.09. The molecule has 4 heterocycles. The van der Waals surface area contributed by atoms with E-state index in [-0.39, 0.29) is 61.1 Å². The summed E-state index contributed by atoms with van der Waals surface area (Å²) >= 11 is 1.53. The average Bonchev–Trinajstić information content (AvgIpc) is 3.45. The van der Waals surface area contributed by atoms with E-state index >= 15 is 0 Å². The van der Waals surface area contributed by atoms with Crippen molar-refractivity contribution in [2.24, 2.45) is 0 Å². The van der Waals surface area contributed by atoms with Crippen molar-refractivity contribution in [2.45, 2.75) is 52.2 Å². The fourth-order valence-electron chi connectivity index (χ4n) is 4.63. The Labute approximate surface area is 315 Å². The lowest BCUT2D eigenvalue weighted by Gasteiger charge is -2.14. The van der Waals surface area contributed by atoms with E-state index in [1.807, 2.05) is 17.0 Å². The molecule has 286 valence electrons. The first-order valence-electron chi connectivity index (χ1n) is 15.6. The number of nitrogen functional groups attached to an aromatic ring is 2. The monoisotopic (exact) mass is 786 g/mol. The standard InChI is InChI=1S/C19H19N7O6.C12H16N5O3S.ClH/c20-19-25-15-14(17(30)26-19)23-11(8-22-15)7-21-10-3-1-9(2-4-10)16(29)24-12(18(31)32)5-6-13(27)28;1-8-11(3-4-20-17(18)19)21-7-16(8)6-10-5-14-9(2)15-12(10)13;/h1-4,8,12,21H,5-7H2,(H,24,29)(H,27,28)(H,31,32)(H3,20,22,25,26,30);5,7H,3-4,6H2,1-2H3,(H2,13,14,15);1H/q;+1;/p-1. The number of amides is 1. The topological polar surface area (TPSA) is 321 Å². The van der Waals surface area contributed by atoms with E-state index < -0.39 is 34.5 Å². The van der Waals surface area contributed by atoms with E-state index in [0.29, 0.717) is 36.0 Å². The molecule has 9 N–H and O–H groups in total. The molecule has 5 rings (SSSR count). The summed E-state index contributed by atoms with van der Waals surface area (Å²) in [4.78, 5) is 84.4. The fraction of sp³-hybridized carbons (Fsp3) is 0.290. The number of carboxylic acids is 2. The van der Waals surface area contributed by atoms with Gasteiger partial charge in [-0.3, -0.25) is 19.4 Å². The Hall–Kier alpha value is -6.55. The third kappa shape index (κ3) is 12.0. The number of aliphatic carboxylic acids is 2. The number of halogens is 1. The highest BCUT2D eigenvalue weighted by Crippen LogP contribution is 2.15. The molecular weight excluding hydrogens is 752 g/mol. The number of H-pyrrole nitrogens is 1. The number of nitrogens with two attached hydrogens (primary N) is 2. The number of benzene rings is 1. The molecule has 0 saturated carbocycles. The smallest absolute Gasteiger partial charge is 0.326 e. The molecule has 21 nitrogen and oxygen atoms in total. The van der Waals surface area contributed by atoms with Crippen LogP contribution in [0.3, 0.4) is 0 Å². The lowest BCUT2D eigenvalue weighted by atomic mass is 10.1. The Bertz CT molecular complexity index is 2180. The van der Waals surface area contributed by atoms with E-state index in [1.54, 1.807) is 25.3 Å². The van der Waals surface area contributed by atoms with Gasteiger partial charge >= 0.3 is 11.9 Å². The normalized spacial score (nSPS) is 11.0. The SMILES string of the molecule is Cc1ncc(C[n+]2csc(CCO[N+](=O)[O-])c2C)c(N)n1.Nc1nc2ncc(CNc3ccc(C(=O)NC(CCC(=O)O)C(=O)O)cc3)nc2c(=O)[nH]1.[Cl-]. The van der Waals surface area contributed by atoms with Crippen molar-refractivity contribution in [1.82, 2.24) is 35.2 Å². The summed E-state index contributed by atoms with van der Waals surface area (Å²) in [6.07, 6.45) is 3.06. The minimum Gasteiger partial charge on any atom is -1.00 e. The molecule has 0 saturated heterocycles. The predicted octanol–water partition coefficient (Wildman–Crippen LogP) is -2.22. The highest BCUT2D eigenvalue weighted by Gasteiger charge is 2.22. The average molecular weight is 787 g/mol. The molecule has 0 bridgehead atoms. The predicted molar refractivity (Wildman–Crippen MR) is 188 cm³/mol. The molecule has 1 amide bonds. The van der Waals surface area contributed by atoms with Crippen molar-refractivity contribution >= 4 is 57.8 Å². The molecule has 23 heteroatoms.